The molecule has 4 aliphatic carbocycles. The summed E-state index contributed by atoms with van der Waals surface area (Å²) >= 11 is 0. The lowest BCUT2D eigenvalue weighted by atomic mass is 9.41. The molecule has 0 heterocycles. The Morgan fingerprint density at radius 3 is 2.30 bits per heavy atom. The molecule has 0 aromatic rings. The highest BCUT2D eigenvalue weighted by Gasteiger charge is 2.67. The highest BCUT2D eigenvalue weighted by Crippen LogP contribution is 2.69. The van der Waals surface area contributed by atoms with Crippen LogP contribution >= 0.6 is 0 Å². The Kier molecular flexibility index (Phi) is 9.45. The van der Waals surface area contributed by atoms with Crippen molar-refractivity contribution in [2.24, 2.45) is 52.3 Å². The molecule has 40 heavy (non-hydrogen) atoms. The van der Waals surface area contributed by atoms with Crippen LogP contribution in [0.1, 0.15) is 99.3 Å². The van der Waals surface area contributed by atoms with E-state index in [1.807, 2.05) is 13.8 Å². The van der Waals surface area contributed by atoms with Crippen LogP contribution in [0.5, 0.6) is 0 Å². The van der Waals surface area contributed by atoms with Crippen LogP contribution in [-0.2, 0) is 14.9 Å². The van der Waals surface area contributed by atoms with Crippen LogP contribution in [-0.4, -0.2) is 75.7 Å². The minimum Gasteiger partial charge on any atom is -0.748 e. The van der Waals surface area contributed by atoms with E-state index in [-0.39, 0.29) is 83.3 Å². The molecular weight excluding hydrogens is 530 g/mol. The molecule has 0 aromatic carbocycles. The van der Waals surface area contributed by atoms with E-state index in [0.717, 1.165) is 38.5 Å². The lowest BCUT2D eigenvalue weighted by molar-refractivity contribution is -0.228. The number of hydrogen-bond donors (Lipinski definition) is 3. The summed E-state index contributed by atoms with van der Waals surface area (Å²) < 4.78 is 33.4. The smallest absolute Gasteiger partial charge is 0.222 e. The molecule has 0 aliphatic heterocycles. The minimum atomic E-state index is -4.40. The van der Waals surface area contributed by atoms with Crippen molar-refractivity contribution in [3.05, 3.63) is 0 Å². The van der Waals surface area contributed by atoms with E-state index in [1.165, 1.54) is 4.90 Å². The second kappa shape index (κ2) is 11.7. The maximum Gasteiger partial charge on any atom is 0.222 e. The Balaban J connectivity index is 1.51. The molecule has 4 aliphatic rings. The summed E-state index contributed by atoms with van der Waals surface area (Å²) in [5, 5.41) is 34.3. The second-order valence-electron chi connectivity index (χ2n) is 14.7. The summed E-state index contributed by atoms with van der Waals surface area (Å²) in [6, 6.07) is -0.194. The van der Waals surface area contributed by atoms with Crippen molar-refractivity contribution in [2.45, 2.75) is 124 Å². The Bertz CT molecular complexity index is 1020. The van der Waals surface area contributed by atoms with Crippen LogP contribution < -0.4 is 0 Å². The van der Waals surface area contributed by atoms with Crippen LogP contribution in [0.25, 0.3) is 0 Å². The van der Waals surface area contributed by atoms with Gasteiger partial charge in [0.25, 0.3) is 0 Å². The standard InChI is InChI=1S/C31H55NO7S/c1-7-21-24-16-20(33)12-13-30(24,5)25-17-26(34)31(6)22(9-10-23(31)28(25)29(21)36)19(4)8-11-27(35)32(18(2)3)14-15-40(37,38)39/h18-26,28-29,33-34,36H,7-17H2,1-6H3,(H,37,38,39)/p-1/t19-,20-,21-,22-,23+,24+,25+,26+,28+,29-,30+,31-/m1/s1. The van der Waals surface area contributed by atoms with Crippen molar-refractivity contribution >= 4 is 16.0 Å². The summed E-state index contributed by atoms with van der Waals surface area (Å²) in [5.41, 5.74) is -0.325. The molecule has 4 rings (SSSR count). The number of aliphatic hydroxyl groups is 3. The molecule has 9 heteroatoms. The molecule has 232 valence electrons. The second-order valence-corrected chi connectivity index (χ2v) is 16.2. The third-order valence-electron chi connectivity index (χ3n) is 12.6. The topological polar surface area (TPSA) is 138 Å². The van der Waals surface area contributed by atoms with Gasteiger partial charge in [-0.15, -0.1) is 0 Å². The summed E-state index contributed by atoms with van der Waals surface area (Å²) in [4.78, 5) is 14.6. The van der Waals surface area contributed by atoms with E-state index in [0.29, 0.717) is 12.8 Å². The number of aliphatic hydroxyl groups excluding tert-OH is 3. The number of fused-ring (bicyclic) bond motifs is 5. The van der Waals surface area contributed by atoms with Gasteiger partial charge in [0.15, 0.2) is 0 Å². The normalized spacial score (nSPS) is 44.0. The van der Waals surface area contributed by atoms with E-state index < -0.39 is 28.1 Å². The van der Waals surface area contributed by atoms with Gasteiger partial charge in [0, 0.05) is 19.0 Å². The molecule has 0 aromatic heterocycles. The summed E-state index contributed by atoms with van der Waals surface area (Å²) in [6.07, 6.45) is 5.70. The maximum absolute atomic E-state index is 13.1. The number of carbonyl (C=O) groups excluding carboxylic acids is 1. The van der Waals surface area contributed by atoms with Crippen LogP contribution in [0.15, 0.2) is 0 Å². The third kappa shape index (κ3) is 5.63. The van der Waals surface area contributed by atoms with Gasteiger partial charge in [-0.25, -0.2) is 8.42 Å². The first-order valence-electron chi connectivity index (χ1n) is 15.8. The molecule has 0 saturated heterocycles. The summed E-state index contributed by atoms with van der Waals surface area (Å²) in [7, 11) is -4.40. The number of hydrogen-bond acceptors (Lipinski definition) is 7. The van der Waals surface area contributed by atoms with Gasteiger partial charge in [0.1, 0.15) is 0 Å². The van der Waals surface area contributed by atoms with Crippen molar-refractivity contribution in [3.8, 4) is 0 Å². The van der Waals surface area contributed by atoms with Crippen LogP contribution in [0.4, 0.5) is 0 Å². The van der Waals surface area contributed by atoms with Crippen LogP contribution in [0.2, 0.25) is 0 Å². The van der Waals surface area contributed by atoms with Gasteiger partial charge in [0.05, 0.1) is 34.2 Å². The van der Waals surface area contributed by atoms with Crippen molar-refractivity contribution in [1.29, 1.82) is 0 Å². The summed E-state index contributed by atoms with van der Waals surface area (Å²) in [6.45, 7) is 12.5. The average molecular weight is 585 g/mol. The third-order valence-corrected chi connectivity index (χ3v) is 13.3. The van der Waals surface area contributed by atoms with Crippen LogP contribution in [0, 0.1) is 52.3 Å². The fraction of sp³-hybridized carbons (Fsp3) is 0.968. The van der Waals surface area contributed by atoms with Gasteiger partial charge in [-0.3, -0.25) is 4.79 Å². The van der Waals surface area contributed by atoms with E-state index in [1.54, 1.807) is 0 Å². The first kappa shape index (κ1) is 32.2. The molecular formula is C31H54NO7S-. The lowest BCUT2D eigenvalue weighted by Gasteiger charge is -2.65. The molecule has 4 fully saturated rings. The fourth-order valence-electron chi connectivity index (χ4n) is 10.5. The van der Waals surface area contributed by atoms with Gasteiger partial charge in [-0.05, 0) is 111 Å². The number of carbonyl (C=O) groups is 1. The molecule has 3 N–H and O–H groups in total. The van der Waals surface area contributed by atoms with Crippen LogP contribution in [0.3, 0.4) is 0 Å². The quantitative estimate of drug-likeness (QED) is 0.351. The van der Waals surface area contributed by atoms with Crippen molar-refractivity contribution in [1.82, 2.24) is 4.90 Å². The Morgan fingerprint density at radius 1 is 1.02 bits per heavy atom. The Morgan fingerprint density at radius 2 is 1.70 bits per heavy atom. The molecule has 0 spiro atoms. The minimum absolute atomic E-state index is 0.0140. The fourth-order valence-corrected chi connectivity index (χ4v) is 10.9. The van der Waals surface area contributed by atoms with Gasteiger partial charge < -0.3 is 24.8 Å². The predicted octanol–water partition coefficient (Wildman–Crippen LogP) is 3.78. The molecule has 0 radical (unpaired) electrons. The zero-order valence-electron chi connectivity index (χ0n) is 25.5. The molecule has 0 bridgehead atoms. The zero-order valence-corrected chi connectivity index (χ0v) is 26.3. The Hall–Kier alpha value is -0.740. The SMILES string of the molecule is CC[C@H]1[C@@H](O)[C@@H]2[C@H](C[C@H](O)[C@]3(C)[C@@H]([C@H](C)CCC(=O)N(CCS(=O)(=O)[O-])C(C)C)CC[C@@H]23)[C@@]2(C)CC[C@@H](O)C[C@@H]12. The highest BCUT2D eigenvalue weighted by atomic mass is 32.2. The average Bonchev–Trinajstić information content (AvgIpc) is 3.22. The predicted molar refractivity (Wildman–Crippen MR) is 153 cm³/mol. The molecule has 0 unspecified atom stereocenters. The van der Waals surface area contributed by atoms with Gasteiger partial charge in [-0.2, -0.15) is 0 Å². The first-order chi connectivity index (χ1) is 18.6. The van der Waals surface area contributed by atoms with E-state index >= 15 is 0 Å². The van der Waals surface area contributed by atoms with Gasteiger partial charge >= 0.3 is 0 Å². The number of nitrogens with zero attached hydrogens (tertiary/aromatic N) is 1. The summed E-state index contributed by atoms with van der Waals surface area (Å²) in [5.74, 6) is 0.714. The largest absolute Gasteiger partial charge is 0.748 e. The molecule has 8 nitrogen and oxygen atoms in total. The molecule has 1 amide bonds. The molecule has 4 saturated carbocycles. The zero-order chi connectivity index (χ0) is 29.8. The van der Waals surface area contributed by atoms with Gasteiger partial charge in [0.2, 0.25) is 5.91 Å². The van der Waals surface area contributed by atoms with Gasteiger partial charge in [-0.1, -0.05) is 34.1 Å². The van der Waals surface area contributed by atoms with E-state index in [4.69, 9.17) is 0 Å². The lowest BCUT2D eigenvalue weighted by Crippen LogP contribution is -2.65. The van der Waals surface area contributed by atoms with E-state index in [2.05, 4.69) is 27.7 Å². The maximum atomic E-state index is 13.1. The van der Waals surface area contributed by atoms with Crippen molar-refractivity contribution < 1.29 is 33.1 Å². The highest BCUT2D eigenvalue weighted by molar-refractivity contribution is 7.85. The van der Waals surface area contributed by atoms with Crippen molar-refractivity contribution in [3.63, 3.8) is 0 Å². The Labute approximate surface area is 242 Å². The monoisotopic (exact) mass is 584 g/mol. The van der Waals surface area contributed by atoms with Crippen molar-refractivity contribution in [2.75, 3.05) is 12.3 Å². The van der Waals surface area contributed by atoms with E-state index in [9.17, 15) is 33.1 Å². The number of rotatable bonds is 9. The first-order valence-corrected chi connectivity index (χ1v) is 17.4. The number of amides is 1. The molecule has 12 atom stereocenters.